The molecule has 0 saturated carbocycles. The lowest BCUT2D eigenvalue weighted by Gasteiger charge is -2.03. The van der Waals surface area contributed by atoms with Crippen LogP contribution in [0.4, 0.5) is 0 Å². The van der Waals surface area contributed by atoms with Gasteiger partial charge in [0.25, 0.3) is 0 Å². The number of hydrogen-bond donors (Lipinski definition) is 1. The molecule has 0 atom stereocenters. The van der Waals surface area contributed by atoms with Gasteiger partial charge >= 0.3 is 0 Å². The van der Waals surface area contributed by atoms with E-state index in [4.69, 9.17) is 4.74 Å². The topological polar surface area (TPSA) is 42.1 Å². The summed E-state index contributed by atoms with van der Waals surface area (Å²) in [5.74, 6) is 0.892. The Morgan fingerprint density at radius 3 is 2.38 bits per heavy atom. The number of Topliss-reactive ketones (excluding diaryl/α,β-unsaturated/α-hetero) is 1. The highest BCUT2D eigenvalue weighted by atomic mass is 16.5. The van der Waals surface area contributed by atoms with Crippen LogP contribution in [0.2, 0.25) is 0 Å². The number of benzene rings is 3. The Morgan fingerprint density at radius 2 is 1.54 bits per heavy atom. The lowest BCUT2D eigenvalue weighted by atomic mass is 10.0. The number of rotatable bonds is 2. The number of ether oxygens (including phenoxy) is 1. The number of carbonyl (C=O) groups is 1. The van der Waals surface area contributed by atoms with Crippen LogP contribution in [0, 0.1) is 0 Å². The van der Waals surface area contributed by atoms with Crippen LogP contribution >= 0.6 is 0 Å². The van der Waals surface area contributed by atoms with Crippen molar-refractivity contribution in [3.63, 3.8) is 0 Å². The number of allylic oxidation sites excluding steroid dienone is 1. The lowest BCUT2D eigenvalue weighted by molar-refractivity contribution is 0.101. The molecule has 4 aromatic rings. The van der Waals surface area contributed by atoms with Crippen molar-refractivity contribution in [3.05, 3.63) is 95.7 Å². The molecule has 0 radical (unpaired) electrons. The fraction of sp³-hybridized carbons (Fsp3) is 0. The van der Waals surface area contributed by atoms with E-state index < -0.39 is 0 Å². The first-order valence-electron chi connectivity index (χ1n) is 8.51. The van der Waals surface area contributed by atoms with Crippen LogP contribution in [-0.2, 0) is 0 Å². The Morgan fingerprint density at radius 1 is 0.808 bits per heavy atom. The maximum Gasteiger partial charge on any atom is 0.231 e. The molecule has 0 bridgehead atoms. The van der Waals surface area contributed by atoms with Gasteiger partial charge in [0.15, 0.2) is 5.76 Å². The third-order valence-corrected chi connectivity index (χ3v) is 4.66. The molecule has 1 aliphatic rings. The average Bonchev–Trinajstić information content (AvgIpc) is 3.22. The van der Waals surface area contributed by atoms with E-state index in [1.54, 1.807) is 6.07 Å². The number of ketones is 1. The first-order chi connectivity index (χ1) is 12.8. The van der Waals surface area contributed by atoms with Crippen molar-refractivity contribution in [3.8, 4) is 17.0 Å². The Hall–Kier alpha value is -3.59. The first-order valence-corrected chi connectivity index (χ1v) is 8.51. The quantitative estimate of drug-likeness (QED) is 0.494. The summed E-state index contributed by atoms with van der Waals surface area (Å²) in [6, 6.07) is 25.5. The molecular weight excluding hydrogens is 322 g/mol. The maximum atomic E-state index is 12.7. The number of H-pyrrole nitrogens is 1. The molecule has 26 heavy (non-hydrogen) atoms. The summed E-state index contributed by atoms with van der Waals surface area (Å²) in [6.45, 7) is 0. The van der Waals surface area contributed by atoms with E-state index in [1.807, 2.05) is 60.7 Å². The molecule has 0 spiro atoms. The molecule has 5 rings (SSSR count). The fourth-order valence-electron chi connectivity index (χ4n) is 3.41. The van der Waals surface area contributed by atoms with Crippen LogP contribution in [0.15, 0.2) is 84.6 Å². The van der Waals surface area contributed by atoms with Crippen molar-refractivity contribution in [2.45, 2.75) is 0 Å². The molecule has 124 valence electrons. The van der Waals surface area contributed by atoms with Crippen molar-refractivity contribution in [1.29, 1.82) is 0 Å². The zero-order valence-electron chi connectivity index (χ0n) is 13.9. The van der Waals surface area contributed by atoms with Gasteiger partial charge in [-0.1, -0.05) is 60.7 Å². The Balaban J connectivity index is 1.71. The largest absolute Gasteiger partial charge is 0.452 e. The highest BCUT2D eigenvalue weighted by Crippen LogP contribution is 2.36. The minimum Gasteiger partial charge on any atom is -0.452 e. The standard InChI is InChI=1S/C23H15NO2/c25-23-17-11-5-7-13-20(17)26-21(23)14-18-16-10-4-6-12-19(16)24-22(18)15-8-2-1-3-9-15/h1-14,24H/b21-14-. The van der Waals surface area contributed by atoms with Crippen LogP contribution in [0.1, 0.15) is 15.9 Å². The molecule has 1 aromatic heterocycles. The summed E-state index contributed by atoms with van der Waals surface area (Å²) >= 11 is 0. The minimum atomic E-state index is -0.0788. The minimum absolute atomic E-state index is 0.0788. The normalized spacial score (nSPS) is 14.6. The Bertz CT molecular complexity index is 1170. The molecule has 1 N–H and O–H groups in total. The molecule has 0 aliphatic carbocycles. The molecule has 0 saturated heterocycles. The van der Waals surface area contributed by atoms with Gasteiger partial charge in [-0.25, -0.2) is 0 Å². The van der Waals surface area contributed by atoms with Gasteiger partial charge in [0, 0.05) is 16.5 Å². The highest BCUT2D eigenvalue weighted by Gasteiger charge is 2.27. The van der Waals surface area contributed by atoms with Crippen LogP contribution in [0.25, 0.3) is 28.2 Å². The van der Waals surface area contributed by atoms with Crippen molar-refractivity contribution >= 4 is 22.8 Å². The van der Waals surface area contributed by atoms with Crippen molar-refractivity contribution < 1.29 is 9.53 Å². The summed E-state index contributed by atoms with van der Waals surface area (Å²) in [5.41, 5.74) is 4.65. The molecule has 3 heteroatoms. The predicted octanol–water partition coefficient (Wildman–Crippen LogP) is 5.45. The number of aromatic amines is 1. The summed E-state index contributed by atoms with van der Waals surface area (Å²) in [6.07, 6.45) is 1.85. The first kappa shape index (κ1) is 14.7. The van der Waals surface area contributed by atoms with E-state index in [0.29, 0.717) is 17.1 Å². The van der Waals surface area contributed by atoms with Crippen molar-refractivity contribution in [2.75, 3.05) is 0 Å². The number of nitrogens with one attached hydrogen (secondary N) is 1. The summed E-state index contributed by atoms with van der Waals surface area (Å²) in [7, 11) is 0. The van der Waals surface area contributed by atoms with Gasteiger partial charge in [0.05, 0.1) is 11.3 Å². The molecule has 3 nitrogen and oxygen atoms in total. The van der Waals surface area contributed by atoms with Crippen LogP contribution in [0.3, 0.4) is 0 Å². The van der Waals surface area contributed by atoms with Gasteiger partial charge in [-0.15, -0.1) is 0 Å². The number of hydrogen-bond acceptors (Lipinski definition) is 2. The summed E-state index contributed by atoms with van der Waals surface area (Å²) < 4.78 is 5.83. The molecular formula is C23H15NO2. The smallest absolute Gasteiger partial charge is 0.231 e. The monoisotopic (exact) mass is 337 g/mol. The molecule has 3 aromatic carbocycles. The van der Waals surface area contributed by atoms with Crippen LogP contribution in [-0.4, -0.2) is 10.8 Å². The number of carbonyl (C=O) groups excluding carboxylic acids is 1. The van der Waals surface area contributed by atoms with E-state index in [9.17, 15) is 4.79 Å². The molecule has 0 amide bonds. The van der Waals surface area contributed by atoms with Gasteiger partial charge < -0.3 is 9.72 Å². The van der Waals surface area contributed by atoms with Crippen molar-refractivity contribution in [2.24, 2.45) is 0 Å². The van der Waals surface area contributed by atoms with Crippen LogP contribution in [0.5, 0.6) is 5.75 Å². The number of aromatic nitrogens is 1. The molecule has 1 aliphatic heterocycles. The van der Waals surface area contributed by atoms with E-state index >= 15 is 0 Å². The second kappa shape index (κ2) is 5.74. The third-order valence-electron chi connectivity index (χ3n) is 4.66. The van der Waals surface area contributed by atoms with E-state index in [-0.39, 0.29) is 5.78 Å². The second-order valence-corrected chi connectivity index (χ2v) is 6.26. The molecule has 0 fully saturated rings. The molecule has 2 heterocycles. The number of para-hydroxylation sites is 2. The Labute approximate surface area is 150 Å². The highest BCUT2D eigenvalue weighted by molar-refractivity contribution is 6.15. The summed E-state index contributed by atoms with van der Waals surface area (Å²) in [4.78, 5) is 16.2. The zero-order chi connectivity index (χ0) is 17.5. The van der Waals surface area contributed by atoms with Gasteiger partial charge in [-0.3, -0.25) is 4.79 Å². The van der Waals surface area contributed by atoms with Gasteiger partial charge in [-0.05, 0) is 29.8 Å². The van der Waals surface area contributed by atoms with Gasteiger partial charge in [0.1, 0.15) is 5.75 Å². The van der Waals surface area contributed by atoms with Gasteiger partial charge in [-0.2, -0.15) is 0 Å². The zero-order valence-corrected chi connectivity index (χ0v) is 13.9. The fourth-order valence-corrected chi connectivity index (χ4v) is 3.41. The van der Waals surface area contributed by atoms with E-state index in [2.05, 4.69) is 23.2 Å². The lowest BCUT2D eigenvalue weighted by Crippen LogP contribution is -1.98. The predicted molar refractivity (Wildman–Crippen MR) is 103 cm³/mol. The SMILES string of the molecule is O=C1/C(=C/c2c(-c3ccccc3)[nH]c3ccccc23)Oc2ccccc21. The summed E-state index contributed by atoms with van der Waals surface area (Å²) in [5, 5.41) is 1.06. The molecule has 0 unspecified atom stereocenters. The number of fused-ring (bicyclic) bond motifs is 2. The maximum absolute atomic E-state index is 12.7. The third kappa shape index (κ3) is 2.25. The average molecular weight is 337 g/mol. The second-order valence-electron chi connectivity index (χ2n) is 6.26. The van der Waals surface area contributed by atoms with Crippen LogP contribution < -0.4 is 4.74 Å². The Kier molecular flexibility index (Phi) is 3.25. The van der Waals surface area contributed by atoms with Gasteiger partial charge in [0.2, 0.25) is 5.78 Å². The van der Waals surface area contributed by atoms with E-state index in [1.165, 1.54) is 0 Å². The van der Waals surface area contributed by atoms with Crippen molar-refractivity contribution in [1.82, 2.24) is 4.98 Å². The van der Waals surface area contributed by atoms with E-state index in [0.717, 1.165) is 27.7 Å².